The van der Waals surface area contributed by atoms with Crippen molar-refractivity contribution in [1.29, 1.82) is 0 Å². The molecule has 0 spiro atoms. The maximum atomic E-state index is 12.7. The van der Waals surface area contributed by atoms with Gasteiger partial charge in [-0.1, -0.05) is 59.9 Å². The van der Waals surface area contributed by atoms with Crippen molar-refractivity contribution in [3.8, 4) is 5.75 Å². The molecule has 7 nitrogen and oxygen atoms in total. The number of aromatic nitrogens is 2. The summed E-state index contributed by atoms with van der Waals surface area (Å²) >= 11 is 1.35. The number of benzene rings is 2. The van der Waals surface area contributed by atoms with Crippen LogP contribution in [0.4, 0.5) is 5.13 Å². The zero-order chi connectivity index (χ0) is 20.9. The van der Waals surface area contributed by atoms with E-state index in [0.717, 1.165) is 21.9 Å². The van der Waals surface area contributed by atoms with Gasteiger partial charge >= 0.3 is 0 Å². The van der Waals surface area contributed by atoms with Gasteiger partial charge in [0.25, 0.3) is 0 Å². The van der Waals surface area contributed by atoms with Crippen LogP contribution in [0.25, 0.3) is 0 Å². The second-order valence-corrected chi connectivity index (χ2v) is 8.20. The first-order valence-electron chi connectivity index (χ1n) is 9.69. The number of likely N-dealkylation sites (tertiary alicyclic amines) is 1. The Morgan fingerprint density at radius 1 is 1.17 bits per heavy atom. The fraction of sp³-hybridized carbons (Fsp3) is 0.273. The summed E-state index contributed by atoms with van der Waals surface area (Å²) in [6.07, 6.45) is 0.861. The summed E-state index contributed by atoms with van der Waals surface area (Å²) in [6.45, 7) is 0.797. The first-order valence-corrected chi connectivity index (χ1v) is 10.5. The van der Waals surface area contributed by atoms with Crippen LogP contribution >= 0.6 is 11.3 Å². The minimum absolute atomic E-state index is 0.0388. The zero-order valence-corrected chi connectivity index (χ0v) is 17.4. The summed E-state index contributed by atoms with van der Waals surface area (Å²) in [6, 6.07) is 17.6. The van der Waals surface area contributed by atoms with Crippen LogP contribution in [0.15, 0.2) is 54.6 Å². The normalized spacial score (nSPS) is 16.0. The molecule has 1 aliphatic heterocycles. The van der Waals surface area contributed by atoms with Crippen LogP contribution in [0.5, 0.6) is 5.75 Å². The van der Waals surface area contributed by atoms with Gasteiger partial charge in [0.2, 0.25) is 16.9 Å². The van der Waals surface area contributed by atoms with E-state index < -0.39 is 5.92 Å². The number of methoxy groups -OCH3 is 1. The van der Waals surface area contributed by atoms with E-state index in [9.17, 15) is 9.59 Å². The number of carbonyl (C=O) groups is 2. The van der Waals surface area contributed by atoms with Gasteiger partial charge in [0, 0.05) is 31.5 Å². The molecule has 0 saturated carbocycles. The van der Waals surface area contributed by atoms with Gasteiger partial charge in [-0.25, -0.2) is 0 Å². The summed E-state index contributed by atoms with van der Waals surface area (Å²) in [5.41, 5.74) is 2.06. The third-order valence-corrected chi connectivity index (χ3v) is 5.87. The first-order chi connectivity index (χ1) is 14.6. The van der Waals surface area contributed by atoms with E-state index in [1.807, 2.05) is 54.6 Å². The van der Waals surface area contributed by atoms with Gasteiger partial charge in [0.05, 0.1) is 13.0 Å². The van der Waals surface area contributed by atoms with E-state index in [2.05, 4.69) is 15.5 Å². The van der Waals surface area contributed by atoms with Crippen molar-refractivity contribution in [3.63, 3.8) is 0 Å². The van der Waals surface area contributed by atoms with Crippen LogP contribution < -0.4 is 10.1 Å². The van der Waals surface area contributed by atoms with E-state index in [-0.39, 0.29) is 18.2 Å². The Labute approximate surface area is 178 Å². The minimum Gasteiger partial charge on any atom is -0.496 e. The van der Waals surface area contributed by atoms with Gasteiger partial charge in [-0.3, -0.25) is 9.59 Å². The van der Waals surface area contributed by atoms with Crippen molar-refractivity contribution in [3.05, 3.63) is 70.7 Å². The monoisotopic (exact) mass is 422 g/mol. The molecule has 1 unspecified atom stereocenters. The van der Waals surface area contributed by atoms with Crippen molar-refractivity contribution in [2.24, 2.45) is 5.92 Å². The fourth-order valence-electron chi connectivity index (χ4n) is 3.49. The highest BCUT2D eigenvalue weighted by Crippen LogP contribution is 2.26. The van der Waals surface area contributed by atoms with E-state index in [1.165, 1.54) is 11.3 Å². The predicted octanol–water partition coefficient (Wildman–Crippen LogP) is 3.12. The molecule has 8 heteroatoms. The van der Waals surface area contributed by atoms with Crippen LogP contribution in [-0.4, -0.2) is 40.6 Å². The Kier molecular flexibility index (Phi) is 6.04. The third-order valence-electron chi connectivity index (χ3n) is 5.03. The lowest BCUT2D eigenvalue weighted by molar-refractivity contribution is -0.128. The molecule has 1 aliphatic rings. The molecular weight excluding hydrogens is 400 g/mol. The second-order valence-electron chi connectivity index (χ2n) is 7.14. The average molecular weight is 423 g/mol. The standard InChI is InChI=1S/C22H22N4O3S/c1-29-18-10-6-5-9-16(18)13-26-14-17(12-20(26)27)21(28)23-22-25-24-19(30-22)11-15-7-3-2-4-8-15/h2-10,17H,11-14H2,1H3,(H,23,25,28). The molecule has 1 fully saturated rings. The largest absolute Gasteiger partial charge is 0.496 e. The quantitative estimate of drug-likeness (QED) is 0.632. The van der Waals surface area contributed by atoms with E-state index in [0.29, 0.717) is 24.6 Å². The molecule has 1 aromatic heterocycles. The number of ether oxygens (including phenoxy) is 1. The van der Waals surface area contributed by atoms with E-state index in [4.69, 9.17) is 4.74 Å². The van der Waals surface area contributed by atoms with Gasteiger partial charge in [0.1, 0.15) is 10.8 Å². The molecule has 1 atom stereocenters. The number of nitrogens with one attached hydrogen (secondary N) is 1. The second kappa shape index (κ2) is 9.04. The average Bonchev–Trinajstić information content (AvgIpc) is 3.35. The molecule has 1 N–H and O–H groups in total. The van der Waals surface area contributed by atoms with E-state index in [1.54, 1.807) is 12.0 Å². The van der Waals surface area contributed by atoms with Crippen molar-refractivity contribution >= 4 is 28.3 Å². The first kappa shape index (κ1) is 20.0. The number of carbonyl (C=O) groups excluding carboxylic acids is 2. The summed E-state index contributed by atoms with van der Waals surface area (Å²) in [5, 5.41) is 12.3. The molecular formula is C22H22N4O3S. The molecule has 2 heterocycles. The molecule has 4 rings (SSSR count). The van der Waals surface area contributed by atoms with Gasteiger partial charge < -0.3 is 15.0 Å². The lowest BCUT2D eigenvalue weighted by Gasteiger charge is -2.18. The number of hydrogen-bond acceptors (Lipinski definition) is 6. The summed E-state index contributed by atoms with van der Waals surface area (Å²) in [5.74, 6) is 0.0862. The predicted molar refractivity (Wildman–Crippen MR) is 114 cm³/mol. The summed E-state index contributed by atoms with van der Waals surface area (Å²) in [7, 11) is 1.61. The highest BCUT2D eigenvalue weighted by molar-refractivity contribution is 7.15. The van der Waals surface area contributed by atoms with Crippen molar-refractivity contribution < 1.29 is 14.3 Å². The van der Waals surface area contributed by atoms with E-state index >= 15 is 0 Å². The highest BCUT2D eigenvalue weighted by Gasteiger charge is 2.35. The Hall–Kier alpha value is -3.26. The van der Waals surface area contributed by atoms with Crippen LogP contribution in [0.2, 0.25) is 0 Å². The van der Waals surface area contributed by atoms with Gasteiger partial charge in [-0.15, -0.1) is 10.2 Å². The third kappa shape index (κ3) is 4.65. The maximum Gasteiger partial charge on any atom is 0.231 e. The van der Waals surface area contributed by atoms with Crippen molar-refractivity contribution in [1.82, 2.24) is 15.1 Å². The molecule has 1 saturated heterocycles. The topological polar surface area (TPSA) is 84.4 Å². The number of rotatable bonds is 7. The summed E-state index contributed by atoms with van der Waals surface area (Å²) < 4.78 is 5.36. The molecule has 0 radical (unpaired) electrons. The lowest BCUT2D eigenvalue weighted by atomic mass is 10.1. The number of amides is 2. The Morgan fingerprint density at radius 3 is 2.73 bits per heavy atom. The summed E-state index contributed by atoms with van der Waals surface area (Å²) in [4.78, 5) is 26.8. The Morgan fingerprint density at radius 2 is 1.93 bits per heavy atom. The SMILES string of the molecule is COc1ccccc1CN1CC(C(=O)Nc2nnc(Cc3ccccc3)s2)CC1=O. The Balaban J connectivity index is 1.35. The molecule has 2 aromatic carbocycles. The molecule has 0 aliphatic carbocycles. The smallest absolute Gasteiger partial charge is 0.231 e. The van der Waals surface area contributed by atoms with Crippen molar-refractivity contribution in [2.75, 3.05) is 19.0 Å². The number of hydrogen-bond donors (Lipinski definition) is 1. The number of para-hydroxylation sites is 1. The molecule has 2 amide bonds. The highest BCUT2D eigenvalue weighted by atomic mass is 32.1. The maximum absolute atomic E-state index is 12.7. The van der Waals surface area contributed by atoms with Gasteiger partial charge in [-0.05, 0) is 11.6 Å². The van der Waals surface area contributed by atoms with Gasteiger partial charge in [0.15, 0.2) is 0 Å². The minimum atomic E-state index is -0.409. The zero-order valence-electron chi connectivity index (χ0n) is 16.6. The number of anilines is 1. The fourth-order valence-corrected chi connectivity index (χ4v) is 4.27. The van der Waals surface area contributed by atoms with Crippen LogP contribution in [-0.2, 0) is 22.6 Å². The molecule has 154 valence electrons. The molecule has 0 bridgehead atoms. The van der Waals surface area contributed by atoms with Crippen LogP contribution in [0.3, 0.4) is 0 Å². The van der Waals surface area contributed by atoms with Gasteiger partial charge in [-0.2, -0.15) is 0 Å². The van der Waals surface area contributed by atoms with Crippen LogP contribution in [0.1, 0.15) is 22.6 Å². The van der Waals surface area contributed by atoms with Crippen molar-refractivity contribution in [2.45, 2.75) is 19.4 Å². The van der Waals surface area contributed by atoms with Crippen LogP contribution in [0, 0.1) is 5.92 Å². The Bertz CT molecular complexity index is 1040. The lowest BCUT2D eigenvalue weighted by Crippen LogP contribution is -2.28. The molecule has 3 aromatic rings. The molecule has 30 heavy (non-hydrogen) atoms. The number of nitrogens with zero attached hydrogens (tertiary/aromatic N) is 3.